The lowest BCUT2D eigenvalue weighted by Gasteiger charge is -2.35. The van der Waals surface area contributed by atoms with Crippen molar-refractivity contribution in [3.05, 3.63) is 99.2 Å². The van der Waals surface area contributed by atoms with Crippen LogP contribution in [0.5, 0.6) is 5.75 Å². The van der Waals surface area contributed by atoms with E-state index in [9.17, 15) is 23.9 Å². The average molecular weight is 1010 g/mol. The van der Waals surface area contributed by atoms with Crippen molar-refractivity contribution in [1.82, 2.24) is 40.2 Å². The van der Waals surface area contributed by atoms with Crippen LogP contribution in [0.1, 0.15) is 114 Å². The monoisotopic (exact) mass is 1000 g/mol. The van der Waals surface area contributed by atoms with Crippen LogP contribution in [0.4, 0.5) is 10.2 Å². The topological polar surface area (TPSA) is 181 Å². The van der Waals surface area contributed by atoms with E-state index in [0.717, 1.165) is 77.8 Å². The summed E-state index contributed by atoms with van der Waals surface area (Å²) in [4.78, 5) is 54.0. The molecule has 14 nitrogen and oxygen atoms in total. The largest absolute Gasteiger partial charge is 0.482 e. The molecule has 0 spiro atoms. The van der Waals surface area contributed by atoms with E-state index in [1.165, 1.54) is 12.1 Å². The number of pyridine rings is 1. The van der Waals surface area contributed by atoms with Crippen molar-refractivity contribution in [2.75, 3.05) is 31.9 Å². The first-order valence-corrected chi connectivity index (χ1v) is 25.5. The van der Waals surface area contributed by atoms with E-state index in [4.69, 9.17) is 33.7 Å². The number of carbonyl (C=O) groups excluding carboxylic acids is 3. The minimum Gasteiger partial charge on any atom is -0.482 e. The van der Waals surface area contributed by atoms with Gasteiger partial charge in [0, 0.05) is 73.1 Å². The van der Waals surface area contributed by atoms with Crippen LogP contribution >= 0.6 is 34.5 Å². The number of benzene rings is 2. The highest BCUT2D eigenvalue weighted by Crippen LogP contribution is 2.38. The molecule has 5 aromatic rings. The van der Waals surface area contributed by atoms with Crippen LogP contribution in [0.2, 0.25) is 10.0 Å². The predicted octanol–water partition coefficient (Wildman–Crippen LogP) is 9.33. The molecule has 370 valence electrons. The third kappa shape index (κ3) is 13.0. The number of aromatic nitrogens is 4. The minimum atomic E-state index is -0.770. The van der Waals surface area contributed by atoms with E-state index >= 15 is 0 Å². The maximum atomic E-state index is 14.2. The molecule has 2 aliphatic rings. The molecule has 2 aromatic carbocycles. The molecule has 5 N–H and O–H groups in total. The van der Waals surface area contributed by atoms with Gasteiger partial charge in [0.25, 0.3) is 0 Å². The molecule has 18 heteroatoms. The molecular formula is C51H64Cl2FN9O5S. The molecule has 5 heterocycles. The number of unbranched alkanes of at least 4 members (excludes halogenated alkanes) is 4. The summed E-state index contributed by atoms with van der Waals surface area (Å²) in [5.41, 5.74) is 12.5. The Kier molecular flexibility index (Phi) is 17.4. The molecular weight excluding hydrogens is 941 g/mol. The van der Waals surface area contributed by atoms with Gasteiger partial charge >= 0.3 is 0 Å². The lowest BCUT2D eigenvalue weighted by Crippen LogP contribution is -2.56. The van der Waals surface area contributed by atoms with Crippen LogP contribution in [0.15, 0.2) is 66.6 Å². The number of rotatable bonds is 19. The third-order valence-electron chi connectivity index (χ3n) is 13.1. The average Bonchev–Trinajstić information content (AvgIpc) is 4.10. The smallest absolute Gasteiger partial charge is 0.243 e. The van der Waals surface area contributed by atoms with Crippen molar-refractivity contribution in [2.45, 2.75) is 129 Å². The van der Waals surface area contributed by atoms with Gasteiger partial charge in [-0.1, -0.05) is 87.5 Å². The number of aliphatic hydroxyl groups is 1. The van der Waals surface area contributed by atoms with Gasteiger partial charge in [-0.05, 0) is 80.8 Å². The highest BCUT2D eigenvalue weighted by atomic mass is 35.5. The van der Waals surface area contributed by atoms with Crippen LogP contribution in [0, 0.1) is 18.2 Å². The van der Waals surface area contributed by atoms with Gasteiger partial charge in [0.15, 0.2) is 11.6 Å². The maximum absolute atomic E-state index is 14.2. The van der Waals surface area contributed by atoms with Crippen LogP contribution in [0.25, 0.3) is 21.6 Å². The fourth-order valence-corrected chi connectivity index (χ4v) is 10.7. The van der Waals surface area contributed by atoms with Crippen LogP contribution < -0.4 is 21.1 Å². The highest BCUT2D eigenvalue weighted by molar-refractivity contribution is 7.13. The zero-order valence-corrected chi connectivity index (χ0v) is 42.3. The van der Waals surface area contributed by atoms with E-state index in [0.29, 0.717) is 43.9 Å². The molecule has 4 atom stereocenters. The molecule has 0 aliphatic carbocycles. The lowest BCUT2D eigenvalue weighted by atomic mass is 9.85. The Labute approximate surface area is 418 Å². The molecule has 0 saturated carbocycles. The number of amides is 3. The quantitative estimate of drug-likeness (QED) is 0.0460. The Morgan fingerprint density at radius 1 is 0.986 bits per heavy atom. The van der Waals surface area contributed by atoms with Crippen LogP contribution in [-0.2, 0) is 20.9 Å². The number of aliphatic hydroxyl groups excluding tert-OH is 1. The zero-order valence-electron chi connectivity index (χ0n) is 40.0. The number of piperidine rings is 1. The summed E-state index contributed by atoms with van der Waals surface area (Å²) >= 11 is 14.1. The molecule has 0 bridgehead atoms. The summed E-state index contributed by atoms with van der Waals surface area (Å²) in [6, 6.07) is 11.3. The zero-order chi connectivity index (χ0) is 49.4. The molecule has 69 heavy (non-hydrogen) atoms. The number of anilines is 1. The highest BCUT2D eigenvalue weighted by Gasteiger charge is 2.43. The lowest BCUT2D eigenvalue weighted by molar-refractivity contribution is -0.142. The van der Waals surface area contributed by atoms with Gasteiger partial charge in [-0.15, -0.1) is 11.3 Å². The number of nitrogen functional groups attached to an aromatic ring is 1. The fourth-order valence-electron chi connectivity index (χ4n) is 9.17. The molecule has 7 rings (SSSR count). The maximum Gasteiger partial charge on any atom is 0.243 e. The van der Waals surface area contributed by atoms with Crippen LogP contribution in [0.3, 0.4) is 0 Å². The van der Waals surface area contributed by atoms with Crippen molar-refractivity contribution in [3.8, 4) is 27.3 Å². The number of nitrogens with two attached hydrogens (primary N) is 1. The van der Waals surface area contributed by atoms with Gasteiger partial charge in [-0.25, -0.2) is 14.4 Å². The second-order valence-corrected chi connectivity index (χ2v) is 20.9. The molecule has 2 aliphatic heterocycles. The van der Waals surface area contributed by atoms with Crippen LogP contribution in [-0.4, -0.2) is 96.7 Å². The van der Waals surface area contributed by atoms with Crippen molar-refractivity contribution in [1.29, 1.82) is 0 Å². The third-order valence-corrected chi connectivity index (χ3v) is 14.8. The number of thiazole rings is 1. The number of ether oxygens (including phenoxy) is 1. The SMILES string of the molecule is Cc1ncsc1-c1ccc(CNC(=O)[C@@H]2C[C@@H](O)CN2C(=O)C(NCCCCCCCC(=O)N2CCC(n3cc(-c4cnc(N)c(O[C@H](C)c5c(Cl)ccc(F)c5Cl)c4)cn3)CC2)C(C)(C)C)cc1. The summed E-state index contributed by atoms with van der Waals surface area (Å²) in [6.07, 6.45) is 10.8. The van der Waals surface area contributed by atoms with Gasteiger partial charge in [0.1, 0.15) is 18.0 Å². The Morgan fingerprint density at radius 3 is 2.42 bits per heavy atom. The normalized spacial score (nSPS) is 17.5. The van der Waals surface area contributed by atoms with Gasteiger partial charge in [-0.3, -0.25) is 19.1 Å². The van der Waals surface area contributed by atoms with Gasteiger partial charge in [0.05, 0.1) is 45.5 Å². The molecule has 2 fully saturated rings. The molecule has 1 unspecified atom stereocenters. The molecule has 2 saturated heterocycles. The van der Waals surface area contributed by atoms with Crippen molar-refractivity contribution in [3.63, 3.8) is 0 Å². The molecule has 0 radical (unpaired) electrons. The summed E-state index contributed by atoms with van der Waals surface area (Å²) in [5.74, 6) is -0.390. The first kappa shape index (κ1) is 51.7. The number of aryl methyl sites for hydroxylation is 1. The Hall–Kier alpha value is -5.13. The number of carbonyl (C=O) groups is 3. The summed E-state index contributed by atoms with van der Waals surface area (Å²) in [7, 11) is 0. The Bertz CT molecular complexity index is 2560. The minimum absolute atomic E-state index is 0.108. The van der Waals surface area contributed by atoms with Crippen molar-refractivity contribution >= 4 is 58.1 Å². The number of halogens is 3. The number of nitrogens with zero attached hydrogens (tertiary/aromatic N) is 6. The van der Waals surface area contributed by atoms with E-state index in [1.807, 2.05) is 73.2 Å². The van der Waals surface area contributed by atoms with E-state index in [2.05, 4.69) is 25.7 Å². The van der Waals surface area contributed by atoms with E-state index in [1.54, 1.807) is 41.6 Å². The standard InChI is InChI=1S/C51H64Cl2FN9O5S/c1-31-46(69-30-59-31)34-14-12-33(13-15-34)25-58-49(66)41-24-38(64)29-62(41)50(67)47(51(3,4)5)56-20-10-8-6-7-9-11-43(65)61-21-18-37(19-22-61)63-28-36(27-60-63)35-23-42(48(55)57-26-35)68-32(2)44-39(52)16-17-40(54)45(44)53/h12-17,23,26-28,30,32,37-38,41,47,56,64H,6-11,18-22,24-25,29H2,1-5H3,(H2,55,57)(H,58,66)/t32-,38-,41+,47?/m1/s1. The number of β-amino-alcohol motifs (C(OH)–C–C–N with tert-alkyl or cyclic N) is 1. The van der Waals surface area contributed by atoms with Gasteiger partial charge in [0.2, 0.25) is 17.7 Å². The van der Waals surface area contributed by atoms with Crippen molar-refractivity contribution in [2.24, 2.45) is 5.41 Å². The number of hydrogen-bond acceptors (Lipinski definition) is 11. The summed E-state index contributed by atoms with van der Waals surface area (Å²) < 4.78 is 22.2. The molecule has 3 aromatic heterocycles. The van der Waals surface area contributed by atoms with E-state index in [-0.39, 0.29) is 52.6 Å². The number of likely N-dealkylation sites (tertiary alicyclic amines) is 2. The fraction of sp³-hybridized carbons (Fsp3) is 0.490. The number of nitrogens with one attached hydrogen (secondary N) is 2. The van der Waals surface area contributed by atoms with E-state index < -0.39 is 35.5 Å². The van der Waals surface area contributed by atoms with Gasteiger partial charge in [-0.2, -0.15) is 5.10 Å². The number of hydrogen-bond donors (Lipinski definition) is 4. The summed E-state index contributed by atoms with van der Waals surface area (Å²) in [6.45, 7) is 12.1. The van der Waals surface area contributed by atoms with Crippen molar-refractivity contribution < 1.29 is 28.6 Å². The first-order valence-electron chi connectivity index (χ1n) is 23.8. The predicted molar refractivity (Wildman–Crippen MR) is 269 cm³/mol. The second kappa shape index (κ2) is 23.2. The second-order valence-electron chi connectivity index (χ2n) is 19.3. The Balaban J connectivity index is 0.797. The Morgan fingerprint density at radius 2 is 1.71 bits per heavy atom. The van der Waals surface area contributed by atoms with Gasteiger partial charge < -0.3 is 36.0 Å². The first-order chi connectivity index (χ1) is 33.0. The molecule has 3 amide bonds. The summed E-state index contributed by atoms with van der Waals surface area (Å²) in [5, 5.41) is 21.9.